The van der Waals surface area contributed by atoms with E-state index >= 15 is 0 Å². The van der Waals surface area contributed by atoms with Crippen LogP contribution < -0.4 is 8.37 Å². The van der Waals surface area contributed by atoms with Crippen LogP contribution in [-0.4, -0.2) is 28.6 Å². The molecule has 0 radical (unpaired) electrons. The molecule has 0 aliphatic heterocycles. The zero-order valence-corrected chi connectivity index (χ0v) is 33.5. The maximum absolute atomic E-state index is 12.4. The summed E-state index contributed by atoms with van der Waals surface area (Å²) in [6, 6.07) is 21.5. The Hall–Kier alpha value is -3.31. The van der Waals surface area contributed by atoms with Gasteiger partial charge in [-0.2, -0.15) is 30.0 Å². The molecule has 4 rings (SSSR count). The first kappa shape index (κ1) is 44.1. The van der Waals surface area contributed by atoms with E-state index in [2.05, 4.69) is 68.3 Å². The van der Waals surface area contributed by atoms with Crippen LogP contribution in [-0.2, 0) is 33.1 Å². The first-order chi connectivity index (χ1) is 25.1. The summed E-state index contributed by atoms with van der Waals surface area (Å²) in [6.07, 6.45) is 19.7. The fourth-order valence-electron chi connectivity index (χ4n) is 6.99. The molecule has 0 fully saturated rings. The molecule has 0 N–H and O–H groups in total. The van der Waals surface area contributed by atoms with Gasteiger partial charge in [-0.05, 0) is 71.6 Å². The number of alkyl halides is 3. The lowest BCUT2D eigenvalue weighted by molar-refractivity contribution is -0.0499. The fraction of sp³-hybridized carbons (Fsp3) is 0.524. The Bertz CT molecular complexity index is 1880. The second-order valence-corrected chi connectivity index (χ2v) is 17.1. The van der Waals surface area contributed by atoms with E-state index in [-0.39, 0.29) is 16.5 Å². The van der Waals surface area contributed by atoms with E-state index in [9.17, 15) is 30.0 Å². The van der Waals surface area contributed by atoms with Gasteiger partial charge in [0.1, 0.15) is 0 Å². The molecule has 0 saturated carbocycles. The largest absolute Gasteiger partial charge is 0.534 e. The minimum absolute atomic E-state index is 0.0542. The van der Waals surface area contributed by atoms with Crippen LogP contribution in [0.2, 0.25) is 0 Å². The van der Waals surface area contributed by atoms with Crippen molar-refractivity contribution < 1.29 is 38.4 Å². The number of hydrogen-bond donors (Lipinski definition) is 0. The topological polar surface area (TPSA) is 86.7 Å². The SMILES string of the molecule is CCCCC(CCC)CCc1cccc2c(CCC(CCC)CCCC)cccc12.CS(=O)(=O)Oc1cccc2c(OS(=O)(=O)C(F)(F)F)cccc12. The molecule has 0 aromatic heterocycles. The van der Waals surface area contributed by atoms with E-state index in [1.807, 2.05) is 0 Å². The molecule has 4 aromatic rings. The van der Waals surface area contributed by atoms with E-state index in [1.165, 1.54) is 131 Å². The first-order valence-corrected chi connectivity index (χ1v) is 22.3. The average Bonchev–Trinajstić information content (AvgIpc) is 3.10. The number of rotatable bonds is 20. The van der Waals surface area contributed by atoms with Crippen molar-refractivity contribution in [3.63, 3.8) is 0 Å². The van der Waals surface area contributed by atoms with E-state index < -0.39 is 31.5 Å². The Labute approximate surface area is 315 Å². The van der Waals surface area contributed by atoms with Crippen LogP contribution in [0.3, 0.4) is 0 Å². The highest BCUT2D eigenvalue weighted by Gasteiger charge is 2.48. The molecule has 53 heavy (non-hydrogen) atoms. The Morgan fingerprint density at radius 3 is 1.30 bits per heavy atom. The third-order valence-corrected chi connectivity index (χ3v) is 11.1. The second kappa shape index (κ2) is 21.0. The molecule has 0 saturated heterocycles. The predicted octanol–water partition coefficient (Wildman–Crippen LogP) is 12.3. The molecule has 0 spiro atoms. The second-order valence-electron chi connectivity index (χ2n) is 14.0. The van der Waals surface area contributed by atoms with Crippen LogP contribution in [0.25, 0.3) is 21.5 Å². The Balaban J connectivity index is 0.000000295. The van der Waals surface area contributed by atoms with Crippen molar-refractivity contribution in [1.29, 1.82) is 0 Å². The van der Waals surface area contributed by atoms with E-state index in [0.717, 1.165) is 24.2 Å². The van der Waals surface area contributed by atoms with Crippen molar-refractivity contribution in [2.75, 3.05) is 6.26 Å². The summed E-state index contributed by atoms with van der Waals surface area (Å²) >= 11 is 0. The molecule has 2 atom stereocenters. The quantitative estimate of drug-likeness (QED) is 0.0656. The number of halogens is 3. The standard InChI is InChI=1S/C30H48.C12H9F3O6S2/c1-5-9-15-25(13-7-3)21-23-27-17-11-20-30-28(18-12-19-29(27)30)24-22-26(14-8-4)16-10-6-2;1-22(16,17)20-10-6-2-5-9-8(10)4-3-7-11(9)21-23(18,19)12(13,14)15/h11-12,17-20,25-26H,5-10,13-16,21-24H2,1-4H3;2-7H,1H3. The Morgan fingerprint density at radius 1 is 0.528 bits per heavy atom. The van der Waals surface area contributed by atoms with E-state index in [4.69, 9.17) is 4.18 Å². The third kappa shape index (κ3) is 13.8. The van der Waals surface area contributed by atoms with Crippen molar-refractivity contribution in [1.82, 2.24) is 0 Å². The summed E-state index contributed by atoms with van der Waals surface area (Å²) in [5, 5.41) is 3.05. The fourth-order valence-corrected chi connectivity index (χ4v) is 7.94. The van der Waals surface area contributed by atoms with Crippen LogP contribution >= 0.6 is 0 Å². The molecule has 2 unspecified atom stereocenters. The summed E-state index contributed by atoms with van der Waals surface area (Å²) in [5.41, 5.74) is -2.44. The van der Waals surface area contributed by atoms with Crippen LogP contribution in [0.4, 0.5) is 13.2 Å². The first-order valence-electron chi connectivity index (χ1n) is 19.0. The molecular formula is C42H57F3O6S2. The van der Waals surface area contributed by atoms with E-state index in [1.54, 1.807) is 11.1 Å². The monoisotopic (exact) mass is 778 g/mol. The van der Waals surface area contributed by atoms with Crippen LogP contribution in [0.1, 0.15) is 116 Å². The lowest BCUT2D eigenvalue weighted by Gasteiger charge is -2.18. The lowest BCUT2D eigenvalue weighted by Crippen LogP contribution is -2.28. The highest BCUT2D eigenvalue weighted by Crippen LogP contribution is 2.36. The van der Waals surface area contributed by atoms with Gasteiger partial charge in [0.15, 0.2) is 11.5 Å². The van der Waals surface area contributed by atoms with Gasteiger partial charge in [-0.1, -0.05) is 153 Å². The highest BCUT2D eigenvalue weighted by atomic mass is 32.2. The normalized spacial score (nSPS) is 13.4. The van der Waals surface area contributed by atoms with Gasteiger partial charge in [0, 0.05) is 10.8 Å². The van der Waals surface area contributed by atoms with Gasteiger partial charge in [-0.15, -0.1) is 0 Å². The van der Waals surface area contributed by atoms with Crippen molar-refractivity contribution in [2.45, 2.75) is 123 Å². The summed E-state index contributed by atoms with van der Waals surface area (Å²) in [5.74, 6) is 1.04. The predicted molar refractivity (Wildman–Crippen MR) is 211 cm³/mol. The molecule has 0 aliphatic carbocycles. The van der Waals surface area contributed by atoms with Crippen molar-refractivity contribution in [3.05, 3.63) is 83.9 Å². The summed E-state index contributed by atoms with van der Waals surface area (Å²) in [7, 11) is -9.73. The zero-order valence-electron chi connectivity index (χ0n) is 31.9. The van der Waals surface area contributed by atoms with Gasteiger partial charge in [0.05, 0.1) is 6.26 Å². The maximum Gasteiger partial charge on any atom is 0.534 e. The molecule has 0 aliphatic rings. The van der Waals surface area contributed by atoms with Gasteiger partial charge in [0.25, 0.3) is 0 Å². The molecular weight excluding hydrogens is 722 g/mol. The number of hydrogen-bond acceptors (Lipinski definition) is 6. The van der Waals surface area contributed by atoms with Crippen LogP contribution in [0.15, 0.2) is 72.8 Å². The van der Waals surface area contributed by atoms with Crippen molar-refractivity contribution in [3.8, 4) is 11.5 Å². The molecule has 11 heteroatoms. The molecule has 0 amide bonds. The summed E-state index contributed by atoms with van der Waals surface area (Å²) in [6.45, 7) is 9.33. The Kier molecular flexibility index (Phi) is 17.4. The van der Waals surface area contributed by atoms with Gasteiger partial charge in [0.2, 0.25) is 0 Å². The maximum atomic E-state index is 12.4. The van der Waals surface area contributed by atoms with Gasteiger partial charge < -0.3 is 8.37 Å². The zero-order chi connectivity index (χ0) is 39.1. The van der Waals surface area contributed by atoms with Crippen molar-refractivity contribution in [2.24, 2.45) is 11.8 Å². The molecule has 294 valence electrons. The van der Waals surface area contributed by atoms with E-state index in [0.29, 0.717) is 0 Å². The molecule has 4 aromatic carbocycles. The number of unbranched alkanes of at least 4 members (excludes halogenated alkanes) is 2. The third-order valence-electron chi connectivity index (χ3n) is 9.64. The van der Waals surface area contributed by atoms with Gasteiger partial charge >= 0.3 is 25.7 Å². The van der Waals surface area contributed by atoms with Crippen LogP contribution in [0.5, 0.6) is 11.5 Å². The highest BCUT2D eigenvalue weighted by molar-refractivity contribution is 7.88. The van der Waals surface area contributed by atoms with Gasteiger partial charge in [-0.3, -0.25) is 0 Å². The molecule has 0 heterocycles. The minimum atomic E-state index is -5.85. The van der Waals surface area contributed by atoms with Crippen molar-refractivity contribution >= 4 is 41.8 Å². The average molecular weight is 779 g/mol. The Morgan fingerprint density at radius 2 is 0.925 bits per heavy atom. The minimum Gasteiger partial charge on any atom is -0.382 e. The van der Waals surface area contributed by atoms with Gasteiger partial charge in [-0.25, -0.2) is 0 Å². The number of benzene rings is 4. The smallest absolute Gasteiger partial charge is 0.382 e. The summed E-state index contributed by atoms with van der Waals surface area (Å²) < 4.78 is 90.6. The summed E-state index contributed by atoms with van der Waals surface area (Å²) in [4.78, 5) is 0. The lowest BCUT2D eigenvalue weighted by atomic mass is 9.87. The number of aryl methyl sites for hydroxylation is 2. The number of fused-ring (bicyclic) bond motifs is 2. The molecule has 0 bridgehead atoms. The van der Waals surface area contributed by atoms with Crippen LogP contribution in [0, 0.1) is 11.8 Å². The molecule has 6 nitrogen and oxygen atoms in total.